The summed E-state index contributed by atoms with van der Waals surface area (Å²) in [6.45, 7) is 5.85. The molecule has 0 saturated heterocycles. The Balaban J connectivity index is 1.91. The third-order valence-electron chi connectivity index (χ3n) is 4.65. The molecule has 0 spiro atoms. The van der Waals surface area contributed by atoms with Crippen LogP contribution in [-0.4, -0.2) is 11.1 Å². The number of hydrogen-bond acceptors (Lipinski definition) is 3. The monoisotopic (exact) mass is 416 g/mol. The number of anilines is 1. The highest BCUT2D eigenvalue weighted by atomic mass is 35.5. The number of carbonyl (C=O) groups is 1. The highest BCUT2D eigenvalue weighted by Crippen LogP contribution is 2.37. The Bertz CT molecular complexity index is 992. The molecule has 28 heavy (non-hydrogen) atoms. The van der Waals surface area contributed by atoms with Crippen molar-refractivity contribution in [3.05, 3.63) is 68.9 Å². The summed E-state index contributed by atoms with van der Waals surface area (Å²) in [5, 5.41) is 7.81. The Morgan fingerprint density at radius 3 is 2.50 bits per heavy atom. The standard InChI is InChI=1S/C22H22Cl2N2O2/c1-4-5-7-15-10-11-18(13(2)12-15)25-22(27)19-14(3)28-26-21(19)20-16(23)8-6-9-17(20)24/h6,8-12H,4-5,7H2,1-3H3,(H,25,27). The van der Waals surface area contributed by atoms with Gasteiger partial charge in [-0.05, 0) is 56.0 Å². The normalized spacial score (nSPS) is 10.9. The van der Waals surface area contributed by atoms with Crippen LogP contribution in [0.3, 0.4) is 0 Å². The molecule has 1 amide bonds. The van der Waals surface area contributed by atoms with E-state index in [2.05, 4.69) is 23.5 Å². The molecular weight excluding hydrogens is 395 g/mol. The van der Waals surface area contributed by atoms with Gasteiger partial charge in [-0.25, -0.2) is 0 Å². The number of nitrogens with one attached hydrogen (secondary N) is 1. The fourth-order valence-corrected chi connectivity index (χ4v) is 3.70. The summed E-state index contributed by atoms with van der Waals surface area (Å²) in [4.78, 5) is 13.0. The van der Waals surface area contributed by atoms with Crippen LogP contribution in [0.25, 0.3) is 11.3 Å². The largest absolute Gasteiger partial charge is 0.360 e. The van der Waals surface area contributed by atoms with Crippen molar-refractivity contribution in [2.24, 2.45) is 0 Å². The van der Waals surface area contributed by atoms with E-state index in [1.807, 2.05) is 19.1 Å². The van der Waals surface area contributed by atoms with Crippen molar-refractivity contribution in [1.82, 2.24) is 5.16 Å². The summed E-state index contributed by atoms with van der Waals surface area (Å²) in [6.07, 6.45) is 3.33. The summed E-state index contributed by atoms with van der Waals surface area (Å²) >= 11 is 12.6. The molecule has 1 heterocycles. The highest BCUT2D eigenvalue weighted by molar-refractivity contribution is 6.39. The third kappa shape index (κ3) is 4.23. The predicted molar refractivity (Wildman–Crippen MR) is 114 cm³/mol. The first-order valence-corrected chi connectivity index (χ1v) is 9.99. The van der Waals surface area contributed by atoms with Crippen molar-refractivity contribution < 1.29 is 9.32 Å². The molecule has 0 unspecified atom stereocenters. The molecule has 0 aliphatic carbocycles. The summed E-state index contributed by atoms with van der Waals surface area (Å²) in [7, 11) is 0. The fourth-order valence-electron chi connectivity index (χ4n) is 3.12. The number of rotatable bonds is 6. The van der Waals surface area contributed by atoms with Crippen molar-refractivity contribution in [2.75, 3.05) is 5.32 Å². The van der Waals surface area contributed by atoms with Crippen LogP contribution in [0, 0.1) is 13.8 Å². The average molecular weight is 417 g/mol. The molecule has 6 heteroatoms. The van der Waals surface area contributed by atoms with E-state index < -0.39 is 0 Å². The SMILES string of the molecule is CCCCc1ccc(NC(=O)c2c(-c3c(Cl)cccc3Cl)noc2C)c(C)c1. The lowest BCUT2D eigenvalue weighted by Crippen LogP contribution is -2.14. The maximum absolute atomic E-state index is 13.0. The van der Waals surface area contributed by atoms with Gasteiger partial charge in [0.1, 0.15) is 17.0 Å². The minimum atomic E-state index is -0.311. The number of amides is 1. The molecule has 4 nitrogen and oxygen atoms in total. The fraction of sp³-hybridized carbons (Fsp3) is 0.273. The first-order chi connectivity index (χ1) is 13.4. The van der Waals surface area contributed by atoms with Crippen LogP contribution < -0.4 is 5.32 Å². The van der Waals surface area contributed by atoms with Crippen molar-refractivity contribution >= 4 is 34.8 Å². The van der Waals surface area contributed by atoms with E-state index in [-0.39, 0.29) is 5.91 Å². The van der Waals surface area contributed by atoms with E-state index in [4.69, 9.17) is 27.7 Å². The Labute approximate surface area is 174 Å². The van der Waals surface area contributed by atoms with E-state index in [0.29, 0.717) is 32.6 Å². The van der Waals surface area contributed by atoms with Crippen LogP contribution in [0.5, 0.6) is 0 Å². The zero-order valence-electron chi connectivity index (χ0n) is 16.1. The van der Waals surface area contributed by atoms with Gasteiger partial charge < -0.3 is 9.84 Å². The molecule has 2 aromatic carbocycles. The van der Waals surface area contributed by atoms with Gasteiger partial charge in [0.15, 0.2) is 0 Å². The number of nitrogens with zero attached hydrogens (tertiary/aromatic N) is 1. The first kappa shape index (κ1) is 20.4. The van der Waals surface area contributed by atoms with Crippen LogP contribution in [0.15, 0.2) is 40.9 Å². The Hall–Kier alpha value is -2.30. The second-order valence-corrected chi connectivity index (χ2v) is 7.58. The lowest BCUT2D eigenvalue weighted by Gasteiger charge is -2.11. The van der Waals surface area contributed by atoms with E-state index in [9.17, 15) is 4.79 Å². The lowest BCUT2D eigenvalue weighted by atomic mass is 10.0. The van der Waals surface area contributed by atoms with Crippen molar-refractivity contribution in [1.29, 1.82) is 0 Å². The van der Waals surface area contributed by atoms with Crippen LogP contribution in [0.4, 0.5) is 5.69 Å². The molecule has 0 aliphatic heterocycles. The molecule has 146 valence electrons. The molecule has 0 atom stereocenters. The molecule has 3 rings (SSSR count). The van der Waals surface area contributed by atoms with Gasteiger partial charge in [0, 0.05) is 11.3 Å². The highest BCUT2D eigenvalue weighted by Gasteiger charge is 2.25. The second-order valence-electron chi connectivity index (χ2n) is 6.77. The van der Waals surface area contributed by atoms with Crippen LogP contribution in [-0.2, 0) is 6.42 Å². The molecule has 0 aliphatic rings. The van der Waals surface area contributed by atoms with Gasteiger partial charge in [-0.2, -0.15) is 0 Å². The van der Waals surface area contributed by atoms with Gasteiger partial charge in [0.2, 0.25) is 0 Å². The second kappa shape index (κ2) is 8.80. The van der Waals surface area contributed by atoms with Gasteiger partial charge in [0.05, 0.1) is 10.0 Å². The van der Waals surface area contributed by atoms with Crippen molar-refractivity contribution in [3.63, 3.8) is 0 Å². The zero-order chi connectivity index (χ0) is 20.3. The molecule has 0 radical (unpaired) electrons. The van der Waals surface area contributed by atoms with E-state index >= 15 is 0 Å². The molecule has 1 N–H and O–H groups in total. The Morgan fingerprint density at radius 2 is 1.86 bits per heavy atom. The first-order valence-electron chi connectivity index (χ1n) is 9.24. The van der Waals surface area contributed by atoms with Gasteiger partial charge in [-0.1, -0.05) is 59.9 Å². The number of aromatic nitrogens is 1. The molecule has 3 aromatic rings. The molecule has 1 aromatic heterocycles. The van der Waals surface area contributed by atoms with E-state index in [0.717, 1.165) is 30.5 Å². The van der Waals surface area contributed by atoms with Gasteiger partial charge in [-0.3, -0.25) is 4.79 Å². The Kier molecular flexibility index (Phi) is 6.42. The zero-order valence-corrected chi connectivity index (χ0v) is 17.6. The molecule has 0 bridgehead atoms. The van der Waals surface area contributed by atoms with Gasteiger partial charge >= 0.3 is 0 Å². The van der Waals surface area contributed by atoms with Crippen LogP contribution >= 0.6 is 23.2 Å². The maximum Gasteiger partial charge on any atom is 0.261 e. The summed E-state index contributed by atoms with van der Waals surface area (Å²) in [5.74, 6) is 0.0925. The molecular formula is C22H22Cl2N2O2. The number of aryl methyl sites for hydroxylation is 3. The minimum absolute atomic E-state index is 0.311. The lowest BCUT2D eigenvalue weighted by molar-refractivity contribution is 0.102. The summed E-state index contributed by atoms with van der Waals surface area (Å²) in [5.41, 5.74) is 4.17. The van der Waals surface area contributed by atoms with Crippen LogP contribution in [0.1, 0.15) is 47.0 Å². The predicted octanol–water partition coefficient (Wildman–Crippen LogP) is 6.86. The summed E-state index contributed by atoms with van der Waals surface area (Å²) in [6, 6.07) is 11.2. The number of benzene rings is 2. The molecule has 0 fully saturated rings. The maximum atomic E-state index is 13.0. The molecule has 0 saturated carbocycles. The van der Waals surface area contributed by atoms with Crippen LogP contribution in [0.2, 0.25) is 10.0 Å². The van der Waals surface area contributed by atoms with Crippen molar-refractivity contribution in [3.8, 4) is 11.3 Å². The number of carbonyl (C=O) groups excluding carboxylic acids is 1. The smallest absolute Gasteiger partial charge is 0.261 e. The summed E-state index contributed by atoms with van der Waals surface area (Å²) < 4.78 is 5.28. The number of hydrogen-bond donors (Lipinski definition) is 1. The topological polar surface area (TPSA) is 55.1 Å². The minimum Gasteiger partial charge on any atom is -0.360 e. The number of halogens is 2. The third-order valence-corrected chi connectivity index (χ3v) is 5.28. The van der Waals surface area contributed by atoms with Gasteiger partial charge in [0.25, 0.3) is 5.91 Å². The van der Waals surface area contributed by atoms with E-state index in [1.165, 1.54) is 5.56 Å². The van der Waals surface area contributed by atoms with Gasteiger partial charge in [-0.15, -0.1) is 0 Å². The Morgan fingerprint density at radius 1 is 1.14 bits per heavy atom. The quantitative estimate of drug-likeness (QED) is 0.477. The van der Waals surface area contributed by atoms with E-state index in [1.54, 1.807) is 25.1 Å². The number of unbranched alkanes of at least 4 members (excludes halogenated alkanes) is 1. The average Bonchev–Trinajstić information content (AvgIpc) is 3.03. The van der Waals surface area contributed by atoms with Crippen molar-refractivity contribution in [2.45, 2.75) is 40.0 Å².